The number of carbonyl (C=O) groups is 1. The van der Waals surface area contributed by atoms with Crippen molar-refractivity contribution < 1.29 is 4.79 Å². The first-order chi connectivity index (χ1) is 8.01. The van der Waals surface area contributed by atoms with Gasteiger partial charge in [0.1, 0.15) is 0 Å². The minimum atomic E-state index is -0.202. The Kier molecular flexibility index (Phi) is 4.85. The van der Waals surface area contributed by atoms with Gasteiger partial charge in [-0.3, -0.25) is 4.79 Å². The number of hydrogen-bond donors (Lipinski definition) is 1. The smallest absolute Gasteiger partial charge is 0.255 e. The van der Waals surface area contributed by atoms with Gasteiger partial charge >= 0.3 is 0 Å². The average molecular weight is 273 g/mol. The molecule has 0 aliphatic heterocycles. The van der Waals surface area contributed by atoms with Crippen LogP contribution in [0.4, 0.5) is 5.69 Å². The number of benzene rings is 1. The second-order valence-corrected chi connectivity index (χ2v) is 4.28. The van der Waals surface area contributed by atoms with Crippen LogP contribution in [0.5, 0.6) is 0 Å². The topological polar surface area (TPSA) is 46.3 Å². The fourth-order valence-electron chi connectivity index (χ4n) is 1.45. The van der Waals surface area contributed by atoms with Crippen molar-refractivity contribution in [2.45, 2.75) is 6.92 Å². The standard InChI is InChI=1S/C12H14Cl2N2O/c1-3-5-16(4-2)12(17)9-6-8(15)7-10(13)11(9)14/h3,6-7H,1,4-5,15H2,2H3. The lowest BCUT2D eigenvalue weighted by molar-refractivity contribution is 0.0782. The zero-order valence-corrected chi connectivity index (χ0v) is 11.1. The van der Waals surface area contributed by atoms with Crippen molar-refractivity contribution in [3.05, 3.63) is 40.4 Å². The first kappa shape index (κ1) is 13.9. The molecule has 92 valence electrons. The molecule has 5 heteroatoms. The highest BCUT2D eigenvalue weighted by Gasteiger charge is 2.18. The van der Waals surface area contributed by atoms with E-state index in [1.807, 2.05) is 6.92 Å². The van der Waals surface area contributed by atoms with E-state index in [-0.39, 0.29) is 16.0 Å². The molecule has 0 fully saturated rings. The third-order valence-corrected chi connectivity index (χ3v) is 3.10. The van der Waals surface area contributed by atoms with Crippen LogP contribution in [0.25, 0.3) is 0 Å². The number of halogens is 2. The first-order valence-corrected chi connectivity index (χ1v) is 5.91. The maximum atomic E-state index is 12.2. The Morgan fingerprint density at radius 2 is 2.18 bits per heavy atom. The Hall–Kier alpha value is -1.19. The van der Waals surface area contributed by atoms with Gasteiger partial charge in [0.15, 0.2) is 0 Å². The first-order valence-electron chi connectivity index (χ1n) is 5.16. The molecule has 0 saturated carbocycles. The number of anilines is 1. The van der Waals surface area contributed by atoms with Crippen LogP contribution >= 0.6 is 23.2 Å². The summed E-state index contributed by atoms with van der Waals surface area (Å²) in [6, 6.07) is 3.05. The summed E-state index contributed by atoms with van der Waals surface area (Å²) in [5, 5.41) is 0.512. The van der Waals surface area contributed by atoms with Gasteiger partial charge in [0.2, 0.25) is 0 Å². The predicted molar refractivity (Wildman–Crippen MR) is 72.6 cm³/mol. The summed E-state index contributed by atoms with van der Waals surface area (Å²) in [5.41, 5.74) is 6.38. The lowest BCUT2D eigenvalue weighted by atomic mass is 10.1. The number of rotatable bonds is 4. The van der Waals surface area contributed by atoms with Crippen LogP contribution in [0.1, 0.15) is 17.3 Å². The molecule has 0 spiro atoms. The third kappa shape index (κ3) is 3.14. The number of nitrogens with two attached hydrogens (primary N) is 1. The molecular formula is C12H14Cl2N2O. The normalized spacial score (nSPS) is 10.1. The number of carbonyl (C=O) groups excluding carboxylic acids is 1. The summed E-state index contributed by atoms with van der Waals surface area (Å²) >= 11 is 11.9. The number of amides is 1. The number of nitrogen functional groups attached to an aromatic ring is 1. The van der Waals surface area contributed by atoms with Gasteiger partial charge in [-0.1, -0.05) is 29.3 Å². The van der Waals surface area contributed by atoms with E-state index in [4.69, 9.17) is 28.9 Å². The molecule has 0 atom stereocenters. The molecule has 0 unspecified atom stereocenters. The zero-order valence-electron chi connectivity index (χ0n) is 9.54. The molecular weight excluding hydrogens is 259 g/mol. The Balaban J connectivity index is 3.14. The van der Waals surface area contributed by atoms with Crippen molar-refractivity contribution in [2.24, 2.45) is 0 Å². The van der Waals surface area contributed by atoms with Gasteiger partial charge in [0.05, 0.1) is 15.6 Å². The molecule has 1 aromatic rings. The van der Waals surface area contributed by atoms with Crippen molar-refractivity contribution in [3.63, 3.8) is 0 Å². The van der Waals surface area contributed by atoms with Crippen LogP contribution in [-0.4, -0.2) is 23.9 Å². The molecule has 0 saturated heterocycles. The molecule has 1 rings (SSSR count). The summed E-state index contributed by atoms with van der Waals surface area (Å²) in [6.07, 6.45) is 1.66. The van der Waals surface area contributed by atoms with Gasteiger partial charge in [0, 0.05) is 18.8 Å². The molecule has 2 N–H and O–H groups in total. The lowest BCUT2D eigenvalue weighted by Crippen LogP contribution is -2.31. The van der Waals surface area contributed by atoms with Crippen LogP contribution in [0.3, 0.4) is 0 Å². The minimum Gasteiger partial charge on any atom is -0.399 e. The Morgan fingerprint density at radius 1 is 1.53 bits per heavy atom. The minimum absolute atomic E-state index is 0.202. The second kappa shape index (κ2) is 5.94. The maximum absolute atomic E-state index is 12.2. The molecule has 17 heavy (non-hydrogen) atoms. The van der Waals surface area contributed by atoms with E-state index in [9.17, 15) is 4.79 Å². The molecule has 3 nitrogen and oxygen atoms in total. The molecule has 0 radical (unpaired) electrons. The number of hydrogen-bond acceptors (Lipinski definition) is 2. The monoisotopic (exact) mass is 272 g/mol. The quantitative estimate of drug-likeness (QED) is 0.676. The van der Waals surface area contributed by atoms with E-state index >= 15 is 0 Å². The molecule has 0 aliphatic carbocycles. The van der Waals surface area contributed by atoms with E-state index in [2.05, 4.69) is 6.58 Å². The zero-order chi connectivity index (χ0) is 13.0. The highest BCUT2D eigenvalue weighted by Crippen LogP contribution is 2.29. The van der Waals surface area contributed by atoms with Gasteiger partial charge in [0.25, 0.3) is 5.91 Å². The predicted octanol–water partition coefficient (Wildman–Crippen LogP) is 3.22. The number of likely N-dealkylation sites (N-methyl/N-ethyl adjacent to an activating group) is 1. The Bertz CT molecular complexity index is 446. The second-order valence-electron chi connectivity index (χ2n) is 3.50. The highest BCUT2D eigenvalue weighted by atomic mass is 35.5. The summed E-state index contributed by atoms with van der Waals surface area (Å²) in [4.78, 5) is 13.8. The fourth-order valence-corrected chi connectivity index (χ4v) is 1.87. The molecule has 0 aliphatic rings. The van der Waals surface area contributed by atoms with Crippen LogP contribution < -0.4 is 5.73 Å². The Labute approximate surface area is 111 Å². The van der Waals surface area contributed by atoms with E-state index in [0.717, 1.165) is 0 Å². The SMILES string of the molecule is C=CCN(CC)C(=O)c1cc(N)cc(Cl)c1Cl. The average Bonchev–Trinajstić information content (AvgIpc) is 2.29. The summed E-state index contributed by atoms with van der Waals surface area (Å²) in [7, 11) is 0. The van der Waals surface area contributed by atoms with Crippen molar-refractivity contribution >= 4 is 34.8 Å². The molecule has 1 aromatic carbocycles. The van der Waals surface area contributed by atoms with Gasteiger partial charge in [-0.05, 0) is 19.1 Å². The maximum Gasteiger partial charge on any atom is 0.255 e. The largest absolute Gasteiger partial charge is 0.399 e. The molecule has 0 aromatic heterocycles. The summed E-state index contributed by atoms with van der Waals surface area (Å²) in [6.45, 7) is 6.50. The van der Waals surface area contributed by atoms with Crippen molar-refractivity contribution in [3.8, 4) is 0 Å². The number of nitrogens with zero attached hydrogens (tertiary/aromatic N) is 1. The van der Waals surface area contributed by atoms with Crippen molar-refractivity contribution in [1.82, 2.24) is 4.90 Å². The lowest BCUT2D eigenvalue weighted by Gasteiger charge is -2.20. The van der Waals surface area contributed by atoms with Crippen LogP contribution in [0.2, 0.25) is 10.0 Å². The Morgan fingerprint density at radius 3 is 2.71 bits per heavy atom. The third-order valence-electron chi connectivity index (χ3n) is 2.30. The van der Waals surface area contributed by atoms with E-state index < -0.39 is 0 Å². The van der Waals surface area contributed by atoms with Crippen LogP contribution in [0.15, 0.2) is 24.8 Å². The van der Waals surface area contributed by atoms with Crippen LogP contribution in [0, 0.1) is 0 Å². The van der Waals surface area contributed by atoms with Crippen molar-refractivity contribution in [2.75, 3.05) is 18.8 Å². The highest BCUT2D eigenvalue weighted by molar-refractivity contribution is 6.44. The van der Waals surface area contributed by atoms with E-state index in [0.29, 0.717) is 24.3 Å². The van der Waals surface area contributed by atoms with Gasteiger partial charge in [-0.2, -0.15) is 0 Å². The fraction of sp³-hybridized carbons (Fsp3) is 0.250. The van der Waals surface area contributed by atoms with Gasteiger partial charge in [-0.25, -0.2) is 0 Å². The molecule has 1 amide bonds. The van der Waals surface area contributed by atoms with E-state index in [1.165, 1.54) is 12.1 Å². The summed E-state index contributed by atoms with van der Waals surface area (Å²) < 4.78 is 0. The molecule has 0 bridgehead atoms. The molecule has 0 heterocycles. The van der Waals surface area contributed by atoms with Crippen LogP contribution in [-0.2, 0) is 0 Å². The van der Waals surface area contributed by atoms with Crippen molar-refractivity contribution in [1.29, 1.82) is 0 Å². The summed E-state index contributed by atoms with van der Waals surface area (Å²) in [5.74, 6) is -0.202. The van der Waals surface area contributed by atoms with Gasteiger partial charge < -0.3 is 10.6 Å². The van der Waals surface area contributed by atoms with Gasteiger partial charge in [-0.15, -0.1) is 6.58 Å². The van der Waals surface area contributed by atoms with E-state index in [1.54, 1.807) is 11.0 Å².